The van der Waals surface area contributed by atoms with E-state index in [9.17, 15) is 18.0 Å². The summed E-state index contributed by atoms with van der Waals surface area (Å²) in [5.41, 5.74) is 7.30. The number of carbonyl (C=O) groups excluding carboxylic acids is 1. The van der Waals surface area contributed by atoms with Gasteiger partial charge >= 0.3 is 5.97 Å². The molecule has 3 rings (SSSR count). The smallest absolute Gasteiger partial charge is 0.335 e. The third-order valence-corrected chi connectivity index (χ3v) is 7.86. The Hall–Kier alpha value is -3.40. The van der Waals surface area contributed by atoms with Crippen molar-refractivity contribution in [3.05, 3.63) is 94.5 Å². The lowest BCUT2D eigenvalue weighted by Crippen LogP contribution is -2.47. The van der Waals surface area contributed by atoms with Crippen molar-refractivity contribution in [3.63, 3.8) is 0 Å². The van der Waals surface area contributed by atoms with E-state index in [0.717, 1.165) is 15.6 Å². The molecule has 0 aromatic heterocycles. The number of halogens is 1. The lowest BCUT2D eigenvalue weighted by Gasteiger charge is -2.29. The molecule has 3 N–H and O–H groups in total. The predicted octanol–water partition coefficient (Wildman–Crippen LogP) is 4.11. The van der Waals surface area contributed by atoms with E-state index in [1.807, 2.05) is 24.3 Å². The van der Waals surface area contributed by atoms with Gasteiger partial charge in [0.25, 0.3) is 0 Å². The minimum atomic E-state index is -4.15. The van der Waals surface area contributed by atoms with E-state index >= 15 is 0 Å². The number of amides is 1. The third kappa shape index (κ3) is 6.84. The van der Waals surface area contributed by atoms with Gasteiger partial charge in [-0.1, -0.05) is 35.9 Å². The van der Waals surface area contributed by atoms with Crippen LogP contribution in [0.1, 0.15) is 34.3 Å². The molecular weight excluding hydrogens is 504 g/mol. The Labute approximate surface area is 215 Å². The minimum absolute atomic E-state index is 0.0320. The Bertz CT molecular complexity index is 1290. The highest BCUT2D eigenvalue weighted by atomic mass is 35.5. The summed E-state index contributed by atoms with van der Waals surface area (Å²) in [6, 6.07) is 17.8. The highest BCUT2D eigenvalue weighted by Crippen LogP contribution is 2.25. The van der Waals surface area contributed by atoms with Gasteiger partial charge in [0.15, 0.2) is 0 Å². The number of carboxylic acid groups (broad SMARTS) is 1. The average Bonchev–Trinajstić information content (AvgIpc) is 2.86. The van der Waals surface area contributed by atoms with E-state index in [1.54, 1.807) is 7.11 Å². The van der Waals surface area contributed by atoms with Crippen LogP contribution in [0.25, 0.3) is 0 Å². The van der Waals surface area contributed by atoms with E-state index in [2.05, 4.69) is 0 Å². The molecule has 1 atom stereocenters. The zero-order chi connectivity index (χ0) is 26.3. The molecule has 0 fully saturated rings. The SMILES string of the molecule is COc1ccc(CCCC(C(N)=O)N(Cc2ccc(C(=O)O)cc2)S(=O)(=O)c2ccc(Cl)cc2)cc1. The maximum Gasteiger partial charge on any atom is 0.335 e. The first-order valence-electron chi connectivity index (χ1n) is 11.1. The van der Waals surface area contributed by atoms with Crippen molar-refractivity contribution in [1.29, 1.82) is 0 Å². The molecule has 0 aliphatic rings. The summed E-state index contributed by atoms with van der Waals surface area (Å²) >= 11 is 5.93. The summed E-state index contributed by atoms with van der Waals surface area (Å²) in [5, 5.41) is 9.53. The molecule has 1 amide bonds. The lowest BCUT2D eigenvalue weighted by molar-refractivity contribution is -0.122. The van der Waals surface area contributed by atoms with Gasteiger partial charge < -0.3 is 15.6 Å². The number of carboxylic acids is 1. The number of aromatic carboxylic acids is 1. The van der Waals surface area contributed by atoms with Crippen molar-refractivity contribution in [2.24, 2.45) is 5.73 Å². The molecule has 36 heavy (non-hydrogen) atoms. The average molecular weight is 531 g/mol. The van der Waals surface area contributed by atoms with Crippen LogP contribution in [-0.2, 0) is 27.8 Å². The second-order valence-corrected chi connectivity index (χ2v) is 10.5. The quantitative estimate of drug-likeness (QED) is 0.363. The number of sulfonamides is 1. The van der Waals surface area contributed by atoms with Crippen LogP contribution in [0, 0.1) is 0 Å². The predicted molar refractivity (Wildman–Crippen MR) is 136 cm³/mol. The van der Waals surface area contributed by atoms with Crippen molar-refractivity contribution in [2.75, 3.05) is 7.11 Å². The number of nitrogens with two attached hydrogens (primary N) is 1. The molecular formula is C26H27ClN2O6S. The van der Waals surface area contributed by atoms with Crippen LogP contribution in [-0.4, -0.2) is 42.9 Å². The Balaban J connectivity index is 1.89. The van der Waals surface area contributed by atoms with Crippen LogP contribution in [0.2, 0.25) is 5.02 Å². The van der Waals surface area contributed by atoms with Gasteiger partial charge in [0, 0.05) is 11.6 Å². The van der Waals surface area contributed by atoms with Crippen LogP contribution in [0.15, 0.2) is 77.7 Å². The van der Waals surface area contributed by atoms with Crippen LogP contribution < -0.4 is 10.5 Å². The topological polar surface area (TPSA) is 127 Å². The Morgan fingerprint density at radius 2 is 1.56 bits per heavy atom. The standard InChI is InChI=1S/C26H27ClN2O6S/c1-35-22-13-7-18(8-14-22)3-2-4-24(25(28)30)29(17-19-5-9-20(10-6-19)26(31)32)36(33,34)23-15-11-21(27)12-16-23/h5-16,24H,2-4,17H2,1H3,(H2,28,30)(H,31,32). The van der Waals surface area contributed by atoms with Gasteiger partial charge in [-0.3, -0.25) is 4.79 Å². The minimum Gasteiger partial charge on any atom is -0.497 e. The van der Waals surface area contributed by atoms with E-state index in [0.29, 0.717) is 23.4 Å². The fourth-order valence-corrected chi connectivity index (χ4v) is 5.50. The van der Waals surface area contributed by atoms with Gasteiger partial charge in [-0.2, -0.15) is 4.31 Å². The normalized spacial score (nSPS) is 12.3. The van der Waals surface area contributed by atoms with Crippen molar-refractivity contribution in [2.45, 2.75) is 36.7 Å². The molecule has 3 aromatic rings. The van der Waals surface area contributed by atoms with Crippen molar-refractivity contribution in [1.82, 2.24) is 4.31 Å². The Morgan fingerprint density at radius 1 is 0.972 bits per heavy atom. The van der Waals surface area contributed by atoms with E-state index in [4.69, 9.17) is 27.2 Å². The van der Waals surface area contributed by atoms with Gasteiger partial charge in [-0.25, -0.2) is 13.2 Å². The number of hydrogen-bond acceptors (Lipinski definition) is 5. The first kappa shape index (κ1) is 27.2. The number of methoxy groups -OCH3 is 1. The summed E-state index contributed by atoms with van der Waals surface area (Å²) in [7, 11) is -2.57. The highest BCUT2D eigenvalue weighted by molar-refractivity contribution is 7.89. The maximum atomic E-state index is 13.6. The van der Waals surface area contributed by atoms with Crippen LogP contribution in [0.3, 0.4) is 0 Å². The van der Waals surface area contributed by atoms with Crippen molar-refractivity contribution >= 4 is 33.5 Å². The van der Waals surface area contributed by atoms with Gasteiger partial charge in [0.05, 0.1) is 17.6 Å². The number of carbonyl (C=O) groups is 2. The van der Waals surface area contributed by atoms with Crippen LogP contribution >= 0.6 is 11.6 Å². The number of nitrogens with zero attached hydrogens (tertiary/aromatic N) is 1. The number of benzene rings is 3. The number of aryl methyl sites for hydroxylation is 1. The number of rotatable bonds is 12. The van der Waals surface area contributed by atoms with Crippen LogP contribution in [0.5, 0.6) is 5.75 Å². The van der Waals surface area contributed by atoms with Crippen molar-refractivity contribution < 1.29 is 27.9 Å². The first-order valence-corrected chi connectivity index (χ1v) is 13.0. The summed E-state index contributed by atoms with van der Waals surface area (Å²) in [4.78, 5) is 23.7. The molecule has 190 valence electrons. The molecule has 0 heterocycles. The molecule has 0 saturated heterocycles. The molecule has 0 aliphatic heterocycles. The second-order valence-electron chi connectivity index (χ2n) is 8.16. The molecule has 10 heteroatoms. The van der Waals surface area contributed by atoms with Crippen molar-refractivity contribution in [3.8, 4) is 5.75 Å². The third-order valence-electron chi connectivity index (χ3n) is 5.74. The Morgan fingerprint density at radius 3 is 2.08 bits per heavy atom. The molecule has 8 nitrogen and oxygen atoms in total. The van der Waals surface area contributed by atoms with E-state index in [-0.39, 0.29) is 23.4 Å². The summed E-state index contributed by atoms with van der Waals surface area (Å²) < 4.78 is 33.5. The second kappa shape index (κ2) is 12.0. The van der Waals surface area contributed by atoms with Crippen LogP contribution in [0.4, 0.5) is 0 Å². The summed E-state index contributed by atoms with van der Waals surface area (Å²) in [6.45, 7) is -0.166. The monoisotopic (exact) mass is 530 g/mol. The molecule has 0 saturated carbocycles. The molecule has 0 radical (unpaired) electrons. The van der Waals surface area contributed by atoms with E-state index in [1.165, 1.54) is 48.5 Å². The molecule has 0 spiro atoms. The molecule has 3 aromatic carbocycles. The maximum absolute atomic E-state index is 13.6. The highest BCUT2D eigenvalue weighted by Gasteiger charge is 2.34. The number of primary amides is 1. The number of ether oxygens (including phenoxy) is 1. The summed E-state index contributed by atoms with van der Waals surface area (Å²) in [5.74, 6) is -1.15. The molecule has 0 bridgehead atoms. The zero-order valence-electron chi connectivity index (χ0n) is 19.6. The van der Waals surface area contributed by atoms with E-state index < -0.39 is 27.9 Å². The first-order chi connectivity index (χ1) is 17.1. The van der Waals surface area contributed by atoms with Gasteiger partial charge in [0.2, 0.25) is 15.9 Å². The zero-order valence-corrected chi connectivity index (χ0v) is 21.2. The Kier molecular flexibility index (Phi) is 9.08. The molecule has 0 aliphatic carbocycles. The lowest BCUT2D eigenvalue weighted by atomic mass is 10.0. The largest absolute Gasteiger partial charge is 0.497 e. The fourth-order valence-electron chi connectivity index (χ4n) is 3.76. The number of hydrogen-bond donors (Lipinski definition) is 2. The van der Waals surface area contributed by atoms with Gasteiger partial charge in [-0.15, -0.1) is 0 Å². The fraction of sp³-hybridized carbons (Fsp3) is 0.231. The molecule has 1 unspecified atom stereocenters. The van der Waals surface area contributed by atoms with Gasteiger partial charge in [0.1, 0.15) is 11.8 Å². The summed E-state index contributed by atoms with van der Waals surface area (Å²) in [6.07, 6.45) is 1.31. The van der Waals surface area contributed by atoms with Gasteiger partial charge in [-0.05, 0) is 78.9 Å².